The number of ether oxygens (including phenoxy) is 1. The molecule has 12 heavy (non-hydrogen) atoms. The fourth-order valence-electron chi connectivity index (χ4n) is 2.01. The average molecular weight is 172 g/mol. The lowest BCUT2D eigenvalue weighted by atomic mass is 9.79. The molecule has 0 amide bonds. The maximum Gasteiger partial charge on any atom is 0.0531 e. The smallest absolute Gasteiger partial charge is 0.0531 e. The van der Waals surface area contributed by atoms with Gasteiger partial charge in [0.15, 0.2) is 0 Å². The van der Waals surface area contributed by atoms with Crippen molar-refractivity contribution in [1.82, 2.24) is 10.6 Å². The van der Waals surface area contributed by atoms with Crippen molar-refractivity contribution in [2.75, 3.05) is 40.4 Å². The molecule has 0 aromatic carbocycles. The maximum absolute atomic E-state index is 5.27. The highest BCUT2D eigenvalue weighted by atomic mass is 16.5. The monoisotopic (exact) mass is 172 g/mol. The Kier molecular flexibility index (Phi) is 3.98. The lowest BCUT2D eigenvalue weighted by Gasteiger charge is -2.36. The van der Waals surface area contributed by atoms with Gasteiger partial charge in [-0.25, -0.2) is 0 Å². The Hall–Kier alpha value is -0.120. The summed E-state index contributed by atoms with van der Waals surface area (Å²) in [7, 11) is 3.80. The minimum atomic E-state index is 0.384. The molecule has 1 saturated heterocycles. The van der Waals surface area contributed by atoms with Gasteiger partial charge in [-0.05, 0) is 33.0 Å². The molecule has 0 bridgehead atoms. The van der Waals surface area contributed by atoms with Gasteiger partial charge in [0.05, 0.1) is 6.61 Å². The molecule has 0 radical (unpaired) electrons. The van der Waals surface area contributed by atoms with E-state index >= 15 is 0 Å². The highest BCUT2D eigenvalue weighted by Crippen LogP contribution is 2.27. The number of piperidine rings is 1. The molecule has 0 unspecified atom stereocenters. The zero-order valence-corrected chi connectivity index (χ0v) is 8.15. The normalized spacial score (nSPS) is 22.5. The molecule has 1 aliphatic rings. The van der Waals surface area contributed by atoms with E-state index in [0.717, 1.165) is 26.2 Å². The van der Waals surface area contributed by atoms with E-state index < -0.39 is 0 Å². The van der Waals surface area contributed by atoms with Crippen molar-refractivity contribution in [2.24, 2.45) is 5.41 Å². The van der Waals surface area contributed by atoms with E-state index in [-0.39, 0.29) is 0 Å². The molecule has 0 saturated carbocycles. The maximum atomic E-state index is 5.27. The van der Waals surface area contributed by atoms with Crippen molar-refractivity contribution in [3.05, 3.63) is 0 Å². The van der Waals surface area contributed by atoms with Crippen molar-refractivity contribution in [2.45, 2.75) is 12.8 Å². The largest absolute Gasteiger partial charge is 0.384 e. The van der Waals surface area contributed by atoms with E-state index in [1.54, 1.807) is 7.11 Å². The molecule has 1 heterocycles. The SMILES string of the molecule is CNCC1(COC)CCNCC1. The fraction of sp³-hybridized carbons (Fsp3) is 1.00. The Morgan fingerprint density at radius 3 is 2.58 bits per heavy atom. The third-order valence-electron chi connectivity index (χ3n) is 2.67. The zero-order valence-electron chi connectivity index (χ0n) is 8.15. The summed E-state index contributed by atoms with van der Waals surface area (Å²) in [6.07, 6.45) is 2.45. The molecule has 0 atom stereocenters. The highest BCUT2D eigenvalue weighted by Gasteiger charge is 2.30. The predicted molar refractivity (Wildman–Crippen MR) is 50.3 cm³/mol. The summed E-state index contributed by atoms with van der Waals surface area (Å²) < 4.78 is 5.27. The third kappa shape index (κ3) is 2.44. The average Bonchev–Trinajstić information content (AvgIpc) is 2.07. The molecule has 0 spiro atoms. The molecule has 1 aliphatic heterocycles. The number of hydrogen-bond donors (Lipinski definition) is 2. The Labute approximate surface area is 74.9 Å². The summed E-state index contributed by atoms with van der Waals surface area (Å²) in [4.78, 5) is 0. The van der Waals surface area contributed by atoms with Crippen molar-refractivity contribution in [3.63, 3.8) is 0 Å². The molecule has 72 valence electrons. The molecule has 3 nitrogen and oxygen atoms in total. The van der Waals surface area contributed by atoms with Crippen LogP contribution in [0.4, 0.5) is 0 Å². The molecule has 1 fully saturated rings. The summed E-state index contributed by atoms with van der Waals surface area (Å²) in [5, 5.41) is 6.63. The first-order valence-corrected chi connectivity index (χ1v) is 4.67. The van der Waals surface area contributed by atoms with Crippen LogP contribution >= 0.6 is 0 Å². The lowest BCUT2D eigenvalue weighted by Crippen LogP contribution is -2.45. The van der Waals surface area contributed by atoms with Gasteiger partial charge < -0.3 is 15.4 Å². The molecular formula is C9H20N2O. The standard InChI is InChI=1S/C9H20N2O/c1-10-7-9(8-12-2)3-5-11-6-4-9/h10-11H,3-8H2,1-2H3. The van der Waals surface area contributed by atoms with E-state index in [4.69, 9.17) is 4.74 Å². The number of methoxy groups -OCH3 is 1. The van der Waals surface area contributed by atoms with Crippen LogP contribution < -0.4 is 10.6 Å². The van der Waals surface area contributed by atoms with Gasteiger partial charge in [-0.2, -0.15) is 0 Å². The Bertz CT molecular complexity index is 106. The molecule has 3 heteroatoms. The van der Waals surface area contributed by atoms with Crippen LogP contribution in [0.3, 0.4) is 0 Å². The number of hydrogen-bond acceptors (Lipinski definition) is 3. The molecule has 1 rings (SSSR count). The van der Waals surface area contributed by atoms with Crippen LogP contribution in [0, 0.1) is 5.41 Å². The highest BCUT2D eigenvalue weighted by molar-refractivity contribution is 4.85. The first-order chi connectivity index (χ1) is 5.83. The quantitative estimate of drug-likeness (QED) is 0.636. The summed E-state index contributed by atoms with van der Waals surface area (Å²) in [5.41, 5.74) is 0.384. The third-order valence-corrected chi connectivity index (χ3v) is 2.67. The van der Waals surface area contributed by atoms with Crippen molar-refractivity contribution >= 4 is 0 Å². The number of rotatable bonds is 4. The fourth-order valence-corrected chi connectivity index (χ4v) is 2.01. The minimum absolute atomic E-state index is 0.384. The van der Waals surface area contributed by atoms with Crippen LogP contribution in [0.2, 0.25) is 0 Å². The van der Waals surface area contributed by atoms with Gasteiger partial charge >= 0.3 is 0 Å². The van der Waals surface area contributed by atoms with Crippen LogP contribution in [0.25, 0.3) is 0 Å². The van der Waals surface area contributed by atoms with Gasteiger partial charge in [0.2, 0.25) is 0 Å². The van der Waals surface area contributed by atoms with Gasteiger partial charge in [-0.1, -0.05) is 0 Å². The molecule has 0 aromatic heterocycles. The van der Waals surface area contributed by atoms with Crippen molar-refractivity contribution in [3.8, 4) is 0 Å². The zero-order chi connectivity index (χ0) is 8.86. The van der Waals surface area contributed by atoms with Gasteiger partial charge in [-0.3, -0.25) is 0 Å². The Morgan fingerprint density at radius 2 is 2.08 bits per heavy atom. The first-order valence-electron chi connectivity index (χ1n) is 4.67. The van der Waals surface area contributed by atoms with Crippen LogP contribution in [0.1, 0.15) is 12.8 Å². The van der Waals surface area contributed by atoms with Crippen LogP contribution in [-0.2, 0) is 4.74 Å². The summed E-state index contributed by atoms with van der Waals surface area (Å²) in [6, 6.07) is 0. The first kappa shape index (κ1) is 9.96. The van der Waals surface area contributed by atoms with E-state index in [0.29, 0.717) is 5.41 Å². The Morgan fingerprint density at radius 1 is 1.42 bits per heavy atom. The molecule has 0 aliphatic carbocycles. The summed E-state index contributed by atoms with van der Waals surface area (Å²) in [5.74, 6) is 0. The number of nitrogens with one attached hydrogen (secondary N) is 2. The van der Waals surface area contributed by atoms with Gasteiger partial charge in [0, 0.05) is 19.1 Å². The predicted octanol–water partition coefficient (Wildman–Crippen LogP) is 0.222. The second kappa shape index (κ2) is 4.80. The van der Waals surface area contributed by atoms with E-state index in [1.807, 2.05) is 7.05 Å². The second-order valence-electron chi connectivity index (χ2n) is 3.71. The van der Waals surface area contributed by atoms with Crippen molar-refractivity contribution < 1.29 is 4.74 Å². The molecular weight excluding hydrogens is 152 g/mol. The van der Waals surface area contributed by atoms with E-state index in [2.05, 4.69) is 10.6 Å². The van der Waals surface area contributed by atoms with Gasteiger partial charge in [0.1, 0.15) is 0 Å². The summed E-state index contributed by atoms with van der Waals surface area (Å²) in [6.45, 7) is 4.22. The summed E-state index contributed by atoms with van der Waals surface area (Å²) >= 11 is 0. The van der Waals surface area contributed by atoms with Gasteiger partial charge in [-0.15, -0.1) is 0 Å². The van der Waals surface area contributed by atoms with E-state index in [9.17, 15) is 0 Å². The van der Waals surface area contributed by atoms with E-state index in [1.165, 1.54) is 12.8 Å². The Balaban J connectivity index is 2.44. The van der Waals surface area contributed by atoms with Crippen LogP contribution in [-0.4, -0.2) is 40.4 Å². The van der Waals surface area contributed by atoms with Gasteiger partial charge in [0.25, 0.3) is 0 Å². The minimum Gasteiger partial charge on any atom is -0.384 e. The molecule has 2 N–H and O–H groups in total. The second-order valence-corrected chi connectivity index (χ2v) is 3.71. The molecule has 0 aromatic rings. The van der Waals surface area contributed by atoms with Crippen molar-refractivity contribution in [1.29, 1.82) is 0 Å². The van der Waals surface area contributed by atoms with Crippen LogP contribution in [0.5, 0.6) is 0 Å². The van der Waals surface area contributed by atoms with Crippen LogP contribution in [0.15, 0.2) is 0 Å². The topological polar surface area (TPSA) is 33.3 Å². The lowest BCUT2D eigenvalue weighted by molar-refractivity contribution is 0.0552.